The Bertz CT molecular complexity index is 157. The molecule has 0 aromatic carbocycles. The summed E-state index contributed by atoms with van der Waals surface area (Å²) < 4.78 is 4.63. The molecule has 10 heavy (non-hydrogen) atoms. The SMILES string of the molecule is C=C(C)/C=C\C(=O)OCC. The second-order valence-corrected chi connectivity index (χ2v) is 1.93. The average molecular weight is 140 g/mol. The summed E-state index contributed by atoms with van der Waals surface area (Å²) in [6.45, 7) is 7.59. The van der Waals surface area contributed by atoms with E-state index in [1.165, 1.54) is 6.08 Å². The van der Waals surface area contributed by atoms with Gasteiger partial charge in [0.2, 0.25) is 0 Å². The van der Waals surface area contributed by atoms with Gasteiger partial charge in [0.05, 0.1) is 6.61 Å². The fourth-order valence-electron chi connectivity index (χ4n) is 0.401. The van der Waals surface area contributed by atoms with Gasteiger partial charge in [0.25, 0.3) is 0 Å². The molecule has 2 nitrogen and oxygen atoms in total. The van der Waals surface area contributed by atoms with Crippen LogP contribution in [0.5, 0.6) is 0 Å². The van der Waals surface area contributed by atoms with Crippen molar-refractivity contribution >= 4 is 5.97 Å². The first-order chi connectivity index (χ1) is 4.66. The van der Waals surface area contributed by atoms with E-state index in [1.807, 2.05) is 6.92 Å². The minimum absolute atomic E-state index is 0.314. The van der Waals surface area contributed by atoms with E-state index in [-0.39, 0.29) is 5.97 Å². The molecule has 0 saturated heterocycles. The van der Waals surface area contributed by atoms with Gasteiger partial charge in [-0.15, -0.1) is 0 Å². The zero-order valence-electron chi connectivity index (χ0n) is 6.39. The summed E-state index contributed by atoms with van der Waals surface area (Å²) in [4.78, 5) is 10.6. The van der Waals surface area contributed by atoms with Crippen LogP contribution < -0.4 is 0 Å². The lowest BCUT2D eigenvalue weighted by atomic mass is 10.3. The summed E-state index contributed by atoms with van der Waals surface area (Å²) in [5, 5.41) is 0. The molecule has 0 spiro atoms. The molecule has 56 valence electrons. The van der Waals surface area contributed by atoms with Crippen molar-refractivity contribution in [1.82, 2.24) is 0 Å². The second kappa shape index (κ2) is 4.79. The Morgan fingerprint density at radius 1 is 1.60 bits per heavy atom. The smallest absolute Gasteiger partial charge is 0.330 e. The van der Waals surface area contributed by atoms with E-state index < -0.39 is 0 Å². The van der Waals surface area contributed by atoms with Crippen LogP contribution in [0, 0.1) is 0 Å². The third-order valence-electron chi connectivity index (χ3n) is 0.791. The van der Waals surface area contributed by atoms with Crippen molar-refractivity contribution in [2.24, 2.45) is 0 Å². The predicted molar refractivity (Wildman–Crippen MR) is 40.6 cm³/mol. The molecule has 0 aliphatic rings. The number of hydrogen-bond acceptors (Lipinski definition) is 2. The highest BCUT2D eigenvalue weighted by Gasteiger charge is 1.90. The molecule has 0 bridgehead atoms. The van der Waals surface area contributed by atoms with Crippen molar-refractivity contribution in [3.63, 3.8) is 0 Å². The van der Waals surface area contributed by atoms with E-state index in [2.05, 4.69) is 11.3 Å². The van der Waals surface area contributed by atoms with E-state index in [9.17, 15) is 4.79 Å². The highest BCUT2D eigenvalue weighted by atomic mass is 16.5. The number of esters is 1. The van der Waals surface area contributed by atoms with Crippen LogP contribution in [0.15, 0.2) is 24.3 Å². The average Bonchev–Trinajstić information content (AvgIpc) is 1.85. The van der Waals surface area contributed by atoms with Crippen molar-refractivity contribution in [2.75, 3.05) is 6.61 Å². The maximum Gasteiger partial charge on any atom is 0.330 e. The van der Waals surface area contributed by atoms with Gasteiger partial charge in [-0.2, -0.15) is 0 Å². The molecule has 0 aromatic rings. The number of carbonyl (C=O) groups excluding carboxylic acids is 1. The van der Waals surface area contributed by atoms with Crippen molar-refractivity contribution in [2.45, 2.75) is 13.8 Å². The maximum absolute atomic E-state index is 10.6. The molecule has 0 aliphatic carbocycles. The molecule has 0 radical (unpaired) electrons. The Morgan fingerprint density at radius 2 is 2.20 bits per heavy atom. The van der Waals surface area contributed by atoms with E-state index in [0.717, 1.165) is 5.57 Å². The lowest BCUT2D eigenvalue weighted by molar-refractivity contribution is -0.137. The summed E-state index contributed by atoms with van der Waals surface area (Å²) >= 11 is 0. The van der Waals surface area contributed by atoms with Crippen molar-refractivity contribution in [1.29, 1.82) is 0 Å². The molecule has 0 N–H and O–H groups in total. The van der Waals surface area contributed by atoms with Gasteiger partial charge in [0.1, 0.15) is 0 Å². The third kappa shape index (κ3) is 5.09. The maximum atomic E-state index is 10.6. The summed E-state index contributed by atoms with van der Waals surface area (Å²) in [6.07, 6.45) is 2.99. The molecule has 0 atom stereocenters. The highest BCUT2D eigenvalue weighted by Crippen LogP contribution is 1.89. The summed E-state index contributed by atoms with van der Waals surface area (Å²) in [7, 11) is 0. The van der Waals surface area contributed by atoms with E-state index >= 15 is 0 Å². The fourth-order valence-corrected chi connectivity index (χ4v) is 0.401. The minimum Gasteiger partial charge on any atom is -0.463 e. The number of carbonyl (C=O) groups is 1. The van der Waals surface area contributed by atoms with Gasteiger partial charge in [-0.05, 0) is 13.8 Å². The molecular weight excluding hydrogens is 128 g/mol. The standard InChI is InChI=1S/C8H12O2/c1-4-10-8(9)6-5-7(2)3/h5-6H,2,4H2,1,3H3/b6-5-. The van der Waals surface area contributed by atoms with Gasteiger partial charge in [0.15, 0.2) is 0 Å². The Hall–Kier alpha value is -1.05. The summed E-state index contributed by atoms with van der Waals surface area (Å²) in [6, 6.07) is 0. The first-order valence-corrected chi connectivity index (χ1v) is 3.17. The number of rotatable bonds is 3. The Morgan fingerprint density at radius 3 is 2.60 bits per heavy atom. The molecule has 0 unspecified atom stereocenters. The van der Waals surface area contributed by atoms with Crippen LogP contribution in [0.2, 0.25) is 0 Å². The Kier molecular flexibility index (Phi) is 4.29. The van der Waals surface area contributed by atoms with Crippen LogP contribution in [0.25, 0.3) is 0 Å². The van der Waals surface area contributed by atoms with Gasteiger partial charge in [0, 0.05) is 6.08 Å². The fraction of sp³-hybridized carbons (Fsp3) is 0.375. The van der Waals surface area contributed by atoms with Crippen LogP contribution in [-0.2, 0) is 9.53 Å². The van der Waals surface area contributed by atoms with Crippen LogP contribution in [0.4, 0.5) is 0 Å². The van der Waals surface area contributed by atoms with Gasteiger partial charge >= 0.3 is 5.97 Å². The molecule has 0 aromatic heterocycles. The first-order valence-electron chi connectivity index (χ1n) is 3.17. The monoisotopic (exact) mass is 140 g/mol. The van der Waals surface area contributed by atoms with Gasteiger partial charge < -0.3 is 4.74 Å². The van der Waals surface area contributed by atoms with Gasteiger partial charge in [-0.3, -0.25) is 0 Å². The quantitative estimate of drug-likeness (QED) is 0.338. The molecule has 0 saturated carbocycles. The molecule has 0 amide bonds. The zero-order valence-corrected chi connectivity index (χ0v) is 6.39. The molecule has 0 fully saturated rings. The molecular formula is C8H12O2. The Labute approximate surface area is 61.2 Å². The molecule has 2 heteroatoms. The largest absolute Gasteiger partial charge is 0.463 e. The summed E-state index contributed by atoms with van der Waals surface area (Å²) in [5.74, 6) is -0.314. The number of ether oxygens (including phenoxy) is 1. The van der Waals surface area contributed by atoms with Crippen LogP contribution >= 0.6 is 0 Å². The lowest BCUT2D eigenvalue weighted by Gasteiger charge is -1.93. The van der Waals surface area contributed by atoms with Crippen LogP contribution in [0.1, 0.15) is 13.8 Å². The molecule has 0 rings (SSSR count). The van der Waals surface area contributed by atoms with Gasteiger partial charge in [-0.1, -0.05) is 18.2 Å². The Balaban J connectivity index is 3.67. The molecule has 0 heterocycles. The van der Waals surface area contributed by atoms with Crippen molar-refractivity contribution < 1.29 is 9.53 Å². The first kappa shape index (κ1) is 8.95. The van der Waals surface area contributed by atoms with E-state index in [1.54, 1.807) is 13.0 Å². The molecule has 0 aliphatic heterocycles. The van der Waals surface area contributed by atoms with E-state index in [0.29, 0.717) is 6.61 Å². The third-order valence-corrected chi connectivity index (χ3v) is 0.791. The normalized spacial score (nSPS) is 9.80. The second-order valence-electron chi connectivity index (χ2n) is 1.93. The highest BCUT2D eigenvalue weighted by molar-refractivity contribution is 5.82. The summed E-state index contributed by atoms with van der Waals surface area (Å²) in [5.41, 5.74) is 0.841. The topological polar surface area (TPSA) is 26.3 Å². The predicted octanol–water partition coefficient (Wildman–Crippen LogP) is 1.68. The van der Waals surface area contributed by atoms with Gasteiger partial charge in [-0.25, -0.2) is 4.79 Å². The van der Waals surface area contributed by atoms with Crippen LogP contribution in [-0.4, -0.2) is 12.6 Å². The van der Waals surface area contributed by atoms with E-state index in [4.69, 9.17) is 0 Å². The zero-order chi connectivity index (χ0) is 7.98. The lowest BCUT2D eigenvalue weighted by Crippen LogP contribution is -1.98. The minimum atomic E-state index is -0.314. The van der Waals surface area contributed by atoms with Crippen LogP contribution in [0.3, 0.4) is 0 Å². The number of allylic oxidation sites excluding steroid dienone is 2. The van der Waals surface area contributed by atoms with Crippen molar-refractivity contribution in [3.05, 3.63) is 24.3 Å². The number of hydrogen-bond donors (Lipinski definition) is 0. The van der Waals surface area contributed by atoms with Crippen molar-refractivity contribution in [3.8, 4) is 0 Å².